The number of nitrogens with one attached hydrogen (secondary N) is 2. The number of fused-ring (bicyclic) bond motifs is 1. The van der Waals surface area contributed by atoms with Crippen molar-refractivity contribution in [1.29, 1.82) is 5.26 Å². The van der Waals surface area contributed by atoms with E-state index < -0.39 is 0 Å². The Morgan fingerprint density at radius 3 is 2.53 bits per heavy atom. The number of rotatable bonds is 8. The number of benzene rings is 2. The summed E-state index contributed by atoms with van der Waals surface area (Å²) in [6.07, 6.45) is 3.31. The van der Waals surface area contributed by atoms with Crippen molar-refractivity contribution in [2.45, 2.75) is 6.54 Å². The number of pyridine rings is 2. The van der Waals surface area contributed by atoms with Gasteiger partial charge in [0.2, 0.25) is 0 Å². The Bertz CT molecular complexity index is 1540. The predicted octanol–water partition coefficient (Wildman–Crippen LogP) is 4.26. The van der Waals surface area contributed by atoms with Gasteiger partial charge in [-0.2, -0.15) is 10.4 Å². The normalized spacial score (nSPS) is 10.6. The molecule has 0 unspecified atom stereocenters. The third kappa shape index (κ3) is 4.91. The molecule has 1 amide bonds. The zero-order valence-corrected chi connectivity index (χ0v) is 19.4. The molecule has 0 saturated heterocycles. The van der Waals surface area contributed by atoms with Crippen molar-refractivity contribution < 1.29 is 4.79 Å². The van der Waals surface area contributed by atoms with E-state index in [1.165, 1.54) is 0 Å². The maximum atomic E-state index is 13.3. The second-order valence-electron chi connectivity index (χ2n) is 8.14. The predicted molar refractivity (Wildman–Crippen MR) is 138 cm³/mol. The van der Waals surface area contributed by atoms with Crippen LogP contribution in [0.1, 0.15) is 21.5 Å². The van der Waals surface area contributed by atoms with Crippen LogP contribution in [0.5, 0.6) is 0 Å². The summed E-state index contributed by atoms with van der Waals surface area (Å²) in [4.78, 5) is 22.3. The first-order chi connectivity index (χ1) is 17.7. The number of carbonyl (C=O) groups is 1. The quantitative estimate of drug-likeness (QED) is 0.326. The maximum absolute atomic E-state index is 13.3. The first-order valence-corrected chi connectivity index (χ1v) is 11.6. The van der Waals surface area contributed by atoms with Crippen molar-refractivity contribution in [3.63, 3.8) is 0 Å². The monoisotopic (exact) mass is 473 g/mol. The fraction of sp³-hybridized carbons (Fsp3) is 0.107. The molecular formula is C28H23N7O. The van der Waals surface area contributed by atoms with Gasteiger partial charge < -0.3 is 10.6 Å². The van der Waals surface area contributed by atoms with Gasteiger partial charge in [-0.05, 0) is 23.8 Å². The molecule has 5 aromatic rings. The molecule has 2 aromatic carbocycles. The summed E-state index contributed by atoms with van der Waals surface area (Å²) in [6.45, 7) is 1.32. The maximum Gasteiger partial charge on any atom is 0.252 e. The number of hydrogen-bond acceptors (Lipinski definition) is 6. The van der Waals surface area contributed by atoms with Crippen molar-refractivity contribution >= 4 is 22.8 Å². The van der Waals surface area contributed by atoms with E-state index in [-0.39, 0.29) is 5.91 Å². The molecule has 0 spiro atoms. The fourth-order valence-corrected chi connectivity index (χ4v) is 3.95. The van der Waals surface area contributed by atoms with Gasteiger partial charge in [0.05, 0.1) is 34.9 Å². The van der Waals surface area contributed by atoms with Crippen LogP contribution in [0.4, 0.5) is 5.82 Å². The minimum absolute atomic E-state index is 0.220. The third-order valence-electron chi connectivity index (χ3n) is 5.73. The van der Waals surface area contributed by atoms with Crippen LogP contribution in [0.3, 0.4) is 0 Å². The Balaban J connectivity index is 1.41. The topological polar surface area (TPSA) is 109 Å². The van der Waals surface area contributed by atoms with E-state index in [2.05, 4.69) is 26.8 Å². The number of aromatic nitrogens is 4. The number of carbonyl (C=O) groups excluding carboxylic acids is 1. The summed E-state index contributed by atoms with van der Waals surface area (Å²) >= 11 is 0. The smallest absolute Gasteiger partial charge is 0.252 e. The molecule has 0 saturated carbocycles. The summed E-state index contributed by atoms with van der Waals surface area (Å²) in [5.74, 6) is 0.274. The molecule has 3 aromatic heterocycles. The minimum Gasteiger partial charge on any atom is -0.367 e. The second kappa shape index (κ2) is 10.5. The van der Waals surface area contributed by atoms with E-state index in [1.54, 1.807) is 24.5 Å². The SMILES string of the molecule is N#Cc1cccnc1NCCNC(=O)c1cc(-c2ccccc2)nc2c1cnn2Cc1ccccc1. The molecule has 0 fully saturated rings. The van der Waals surface area contributed by atoms with E-state index in [9.17, 15) is 10.1 Å². The Kier molecular flexibility index (Phi) is 6.63. The lowest BCUT2D eigenvalue weighted by Crippen LogP contribution is -2.29. The summed E-state index contributed by atoms with van der Waals surface area (Å²) in [6, 6.07) is 27.1. The van der Waals surface area contributed by atoms with Crippen LogP contribution < -0.4 is 10.6 Å². The highest BCUT2D eigenvalue weighted by Gasteiger charge is 2.17. The molecule has 0 atom stereocenters. The van der Waals surface area contributed by atoms with E-state index in [0.29, 0.717) is 53.3 Å². The van der Waals surface area contributed by atoms with Crippen molar-refractivity contribution in [3.05, 3.63) is 108 Å². The molecule has 8 heteroatoms. The Morgan fingerprint density at radius 2 is 1.75 bits per heavy atom. The lowest BCUT2D eigenvalue weighted by molar-refractivity contribution is 0.0957. The first kappa shape index (κ1) is 22.7. The van der Waals surface area contributed by atoms with Crippen LogP contribution in [0.15, 0.2) is 91.3 Å². The highest BCUT2D eigenvalue weighted by Crippen LogP contribution is 2.25. The number of anilines is 1. The van der Waals surface area contributed by atoms with Crippen molar-refractivity contribution in [1.82, 2.24) is 25.1 Å². The zero-order valence-electron chi connectivity index (χ0n) is 19.4. The van der Waals surface area contributed by atoms with Gasteiger partial charge in [0.25, 0.3) is 5.91 Å². The summed E-state index contributed by atoms with van der Waals surface area (Å²) < 4.78 is 1.82. The van der Waals surface area contributed by atoms with Gasteiger partial charge in [0.1, 0.15) is 11.9 Å². The zero-order chi connectivity index (χ0) is 24.7. The molecule has 0 aliphatic rings. The van der Waals surface area contributed by atoms with Crippen LogP contribution in [0.2, 0.25) is 0 Å². The van der Waals surface area contributed by atoms with Crippen LogP contribution in [0, 0.1) is 11.3 Å². The van der Waals surface area contributed by atoms with E-state index in [4.69, 9.17) is 4.98 Å². The summed E-state index contributed by atoms with van der Waals surface area (Å²) in [5, 5.41) is 20.5. The number of nitriles is 1. The van der Waals surface area contributed by atoms with Gasteiger partial charge in [-0.1, -0.05) is 60.7 Å². The molecular weight excluding hydrogens is 450 g/mol. The average molecular weight is 474 g/mol. The summed E-state index contributed by atoms with van der Waals surface area (Å²) in [7, 11) is 0. The molecule has 0 bridgehead atoms. The largest absolute Gasteiger partial charge is 0.367 e. The second-order valence-corrected chi connectivity index (χ2v) is 8.14. The third-order valence-corrected chi connectivity index (χ3v) is 5.73. The number of hydrogen-bond donors (Lipinski definition) is 2. The van der Waals surface area contributed by atoms with Gasteiger partial charge in [-0.3, -0.25) is 4.79 Å². The molecule has 0 radical (unpaired) electrons. The number of amides is 1. The van der Waals surface area contributed by atoms with Crippen molar-refractivity contribution in [3.8, 4) is 17.3 Å². The van der Waals surface area contributed by atoms with Gasteiger partial charge in [0, 0.05) is 24.8 Å². The molecule has 0 aliphatic carbocycles. The van der Waals surface area contributed by atoms with Crippen LogP contribution >= 0.6 is 0 Å². The van der Waals surface area contributed by atoms with Crippen LogP contribution in [-0.4, -0.2) is 38.7 Å². The number of nitrogens with zero attached hydrogens (tertiary/aromatic N) is 5. The van der Waals surface area contributed by atoms with Crippen molar-refractivity contribution in [2.24, 2.45) is 0 Å². The van der Waals surface area contributed by atoms with Crippen LogP contribution in [-0.2, 0) is 6.54 Å². The van der Waals surface area contributed by atoms with E-state index in [0.717, 1.165) is 11.1 Å². The molecule has 0 aliphatic heterocycles. The van der Waals surface area contributed by atoms with E-state index in [1.807, 2.05) is 71.4 Å². The Hall–Kier alpha value is -5.03. The molecule has 3 heterocycles. The minimum atomic E-state index is -0.220. The highest BCUT2D eigenvalue weighted by atomic mass is 16.1. The average Bonchev–Trinajstić information content (AvgIpc) is 3.34. The molecule has 36 heavy (non-hydrogen) atoms. The van der Waals surface area contributed by atoms with Gasteiger partial charge >= 0.3 is 0 Å². The summed E-state index contributed by atoms with van der Waals surface area (Å²) in [5.41, 5.74) is 4.33. The highest BCUT2D eigenvalue weighted by molar-refractivity contribution is 6.06. The molecule has 176 valence electrons. The van der Waals surface area contributed by atoms with Gasteiger partial charge in [-0.25, -0.2) is 14.6 Å². The Labute approximate surface area is 208 Å². The van der Waals surface area contributed by atoms with Crippen molar-refractivity contribution in [2.75, 3.05) is 18.4 Å². The molecule has 2 N–H and O–H groups in total. The van der Waals surface area contributed by atoms with Crippen LogP contribution in [0.25, 0.3) is 22.3 Å². The first-order valence-electron chi connectivity index (χ1n) is 11.6. The fourth-order valence-electron chi connectivity index (χ4n) is 3.95. The molecule has 5 rings (SSSR count). The molecule has 8 nitrogen and oxygen atoms in total. The van der Waals surface area contributed by atoms with E-state index >= 15 is 0 Å². The lowest BCUT2D eigenvalue weighted by Gasteiger charge is -2.11. The lowest BCUT2D eigenvalue weighted by atomic mass is 10.1. The Morgan fingerprint density at radius 1 is 0.972 bits per heavy atom. The standard InChI is InChI=1S/C28H23N7O/c29-17-22-12-7-13-30-26(22)31-14-15-32-28(36)23-16-25(21-10-5-2-6-11-21)34-27-24(23)18-33-35(27)19-20-8-3-1-4-9-20/h1-13,16,18H,14-15,19H2,(H,30,31)(H,32,36). The van der Waals surface area contributed by atoms with Gasteiger partial charge in [0.15, 0.2) is 5.65 Å². The van der Waals surface area contributed by atoms with Gasteiger partial charge in [-0.15, -0.1) is 0 Å².